The summed E-state index contributed by atoms with van der Waals surface area (Å²) < 4.78 is 0. The van der Waals surface area contributed by atoms with E-state index in [0.717, 1.165) is 0 Å². The number of rotatable bonds is 2. The first-order valence-corrected chi connectivity index (χ1v) is 8.74. The lowest BCUT2D eigenvalue weighted by atomic mass is 9.87. The number of hydrogen-bond acceptors (Lipinski definition) is 0. The molecule has 74 valence electrons. The van der Waals surface area contributed by atoms with Crippen molar-refractivity contribution in [1.82, 2.24) is 0 Å². The van der Waals surface area contributed by atoms with Crippen LogP contribution in [-0.2, 0) is 0 Å². The van der Waals surface area contributed by atoms with E-state index in [1.54, 1.807) is 63.2 Å². The van der Waals surface area contributed by atoms with E-state index in [1.165, 1.54) is 11.8 Å². The summed E-state index contributed by atoms with van der Waals surface area (Å²) in [5.41, 5.74) is 0. The third-order valence-corrected chi connectivity index (χ3v) is 9.83. The Labute approximate surface area is 82.8 Å². The quantitative estimate of drug-likeness (QED) is 0.593. The highest BCUT2D eigenvalue weighted by Gasteiger charge is 2.49. The summed E-state index contributed by atoms with van der Waals surface area (Å²) in [5.74, 6) is 2.40. The highest BCUT2D eigenvalue weighted by Crippen LogP contribution is 2.70. The van der Waals surface area contributed by atoms with Crippen LogP contribution >= 0.6 is 7.26 Å². The predicted octanol–water partition coefficient (Wildman–Crippen LogP) is 3.62. The average molecular weight is 197 g/mol. The van der Waals surface area contributed by atoms with Crippen LogP contribution in [0.1, 0.15) is 38.5 Å². The molecule has 13 heavy (non-hydrogen) atoms. The molecule has 3 fully saturated rings. The van der Waals surface area contributed by atoms with Gasteiger partial charge in [-0.1, -0.05) is 6.42 Å². The van der Waals surface area contributed by atoms with Gasteiger partial charge in [0.15, 0.2) is 0 Å². The van der Waals surface area contributed by atoms with Crippen molar-refractivity contribution >= 4 is 7.26 Å². The van der Waals surface area contributed by atoms with E-state index in [-0.39, 0.29) is 7.26 Å². The Hall–Kier alpha value is 0.430. The lowest BCUT2D eigenvalue weighted by molar-refractivity contribution is 0.349. The van der Waals surface area contributed by atoms with Crippen molar-refractivity contribution in [2.45, 2.75) is 38.5 Å². The highest BCUT2D eigenvalue weighted by atomic mass is 31.2. The van der Waals surface area contributed by atoms with Crippen molar-refractivity contribution in [3.05, 3.63) is 0 Å². The number of hydrogen-bond donors (Lipinski definition) is 0. The molecule has 1 aliphatic carbocycles. The smallest absolute Gasteiger partial charge is 0.0525 e. The van der Waals surface area contributed by atoms with Crippen LogP contribution in [0.5, 0.6) is 0 Å². The van der Waals surface area contributed by atoms with Crippen LogP contribution in [0.15, 0.2) is 0 Å². The fourth-order valence-corrected chi connectivity index (χ4v) is 9.61. The summed E-state index contributed by atoms with van der Waals surface area (Å²) in [6, 6.07) is 0. The zero-order valence-electron chi connectivity index (χ0n) is 8.67. The van der Waals surface area contributed by atoms with Gasteiger partial charge < -0.3 is 0 Å². The van der Waals surface area contributed by atoms with Gasteiger partial charge in [0.2, 0.25) is 0 Å². The SMILES string of the molecule is C1CC(C[P+]23CCCC(CC2)C3)C1. The molecule has 0 N–H and O–H groups in total. The Morgan fingerprint density at radius 1 is 0.923 bits per heavy atom. The summed E-state index contributed by atoms with van der Waals surface area (Å²) in [7, 11) is -0.318. The Balaban J connectivity index is 1.65. The standard InChI is InChI=1S/C12H22P/c1-3-11(4-1)9-13-7-2-5-12(10-13)6-8-13/h11-12H,1-10H2/q+1. The molecule has 1 heteroatoms. The van der Waals surface area contributed by atoms with Gasteiger partial charge in [-0.3, -0.25) is 0 Å². The number of fused-ring (bicyclic) bond motifs is 2. The maximum Gasteiger partial charge on any atom is 0.0624 e. The molecule has 1 saturated carbocycles. The van der Waals surface area contributed by atoms with E-state index < -0.39 is 0 Å². The van der Waals surface area contributed by atoms with Crippen LogP contribution in [-0.4, -0.2) is 24.6 Å². The first-order chi connectivity index (χ1) is 6.36. The summed E-state index contributed by atoms with van der Waals surface area (Å²) in [5, 5.41) is 0. The molecule has 3 rings (SSSR count). The van der Waals surface area contributed by atoms with Crippen LogP contribution in [0.25, 0.3) is 0 Å². The van der Waals surface area contributed by atoms with Gasteiger partial charge in [0, 0.05) is 7.26 Å². The zero-order valence-corrected chi connectivity index (χ0v) is 9.57. The highest BCUT2D eigenvalue weighted by molar-refractivity contribution is 7.76. The lowest BCUT2D eigenvalue weighted by Crippen LogP contribution is -2.22. The van der Waals surface area contributed by atoms with Crippen molar-refractivity contribution in [2.24, 2.45) is 11.8 Å². The molecule has 2 saturated heterocycles. The van der Waals surface area contributed by atoms with Crippen molar-refractivity contribution in [3.63, 3.8) is 0 Å². The van der Waals surface area contributed by atoms with Gasteiger partial charge in [0.1, 0.15) is 0 Å². The Morgan fingerprint density at radius 3 is 2.62 bits per heavy atom. The predicted molar refractivity (Wildman–Crippen MR) is 61.1 cm³/mol. The molecule has 2 unspecified atom stereocenters. The summed E-state index contributed by atoms with van der Waals surface area (Å²) in [4.78, 5) is 0. The van der Waals surface area contributed by atoms with Gasteiger partial charge in [0.05, 0.1) is 24.6 Å². The van der Waals surface area contributed by atoms with E-state index in [4.69, 9.17) is 0 Å². The van der Waals surface area contributed by atoms with E-state index in [9.17, 15) is 0 Å². The second-order valence-electron chi connectivity index (χ2n) is 5.75. The van der Waals surface area contributed by atoms with Crippen LogP contribution in [0.4, 0.5) is 0 Å². The van der Waals surface area contributed by atoms with Gasteiger partial charge in [0.25, 0.3) is 0 Å². The van der Waals surface area contributed by atoms with E-state index >= 15 is 0 Å². The van der Waals surface area contributed by atoms with Crippen molar-refractivity contribution < 1.29 is 0 Å². The van der Waals surface area contributed by atoms with Gasteiger partial charge in [-0.25, -0.2) is 0 Å². The third kappa shape index (κ3) is 1.56. The minimum absolute atomic E-state index is 0.318. The maximum atomic E-state index is 1.73. The van der Waals surface area contributed by atoms with Crippen molar-refractivity contribution in [3.8, 4) is 0 Å². The Kier molecular flexibility index (Phi) is 2.16. The molecule has 0 amide bonds. The first kappa shape index (κ1) is 8.72. The largest absolute Gasteiger partial charge is 0.0624 e. The molecule has 0 radical (unpaired) electrons. The van der Waals surface area contributed by atoms with Crippen molar-refractivity contribution in [2.75, 3.05) is 24.6 Å². The minimum atomic E-state index is -0.318. The van der Waals surface area contributed by atoms with E-state index in [1.807, 2.05) is 0 Å². The maximum absolute atomic E-state index is 1.73. The lowest BCUT2D eigenvalue weighted by Gasteiger charge is -2.34. The molecule has 2 bridgehead atoms. The fourth-order valence-electron chi connectivity index (χ4n) is 3.82. The molecule has 2 atom stereocenters. The van der Waals surface area contributed by atoms with Gasteiger partial charge >= 0.3 is 0 Å². The monoisotopic (exact) mass is 197 g/mol. The van der Waals surface area contributed by atoms with Gasteiger partial charge in [-0.05, 0) is 43.9 Å². The first-order valence-electron chi connectivity index (χ1n) is 6.21. The average Bonchev–Trinajstić information content (AvgIpc) is 2.36. The molecular weight excluding hydrogens is 175 g/mol. The molecule has 0 nitrogen and oxygen atoms in total. The summed E-state index contributed by atoms with van der Waals surface area (Å²) in [6.45, 7) is 0. The molecule has 2 aliphatic heterocycles. The fraction of sp³-hybridized carbons (Fsp3) is 1.00. The third-order valence-electron chi connectivity index (χ3n) is 4.77. The molecular formula is C12H22P+. The molecule has 0 aromatic carbocycles. The van der Waals surface area contributed by atoms with Crippen LogP contribution in [0.3, 0.4) is 0 Å². The molecule has 2 heterocycles. The topological polar surface area (TPSA) is 0 Å². The molecule has 3 aliphatic rings. The van der Waals surface area contributed by atoms with Gasteiger partial charge in [-0.15, -0.1) is 0 Å². The van der Waals surface area contributed by atoms with Gasteiger partial charge in [-0.2, -0.15) is 0 Å². The second-order valence-corrected chi connectivity index (χ2v) is 10.1. The van der Waals surface area contributed by atoms with E-state index in [0.29, 0.717) is 0 Å². The van der Waals surface area contributed by atoms with Crippen molar-refractivity contribution in [1.29, 1.82) is 0 Å². The summed E-state index contributed by atoms with van der Waals surface area (Å²) in [6.07, 6.45) is 16.4. The molecule has 0 spiro atoms. The molecule has 0 aromatic heterocycles. The zero-order chi connectivity index (χ0) is 8.73. The second kappa shape index (κ2) is 3.23. The minimum Gasteiger partial charge on any atom is -0.0525 e. The van der Waals surface area contributed by atoms with Crippen LogP contribution < -0.4 is 0 Å². The van der Waals surface area contributed by atoms with E-state index in [2.05, 4.69) is 0 Å². The summed E-state index contributed by atoms with van der Waals surface area (Å²) >= 11 is 0. The van der Waals surface area contributed by atoms with Crippen LogP contribution in [0, 0.1) is 11.8 Å². The Morgan fingerprint density at radius 2 is 1.85 bits per heavy atom. The normalized spacial score (nSPS) is 44.8. The Bertz CT molecular complexity index is 193. The molecule has 0 aromatic rings. The van der Waals surface area contributed by atoms with Crippen LogP contribution in [0.2, 0.25) is 0 Å².